The number of H-pyrrole nitrogens is 1. The molecule has 3 aromatic rings. The van der Waals surface area contributed by atoms with Gasteiger partial charge in [-0.25, -0.2) is 14.8 Å². The van der Waals surface area contributed by atoms with E-state index in [-0.39, 0.29) is 48.7 Å². The smallest absolute Gasteiger partial charge is 0.328 e. The van der Waals surface area contributed by atoms with E-state index in [9.17, 15) is 19.2 Å². The Hall–Kier alpha value is -4.59. The van der Waals surface area contributed by atoms with Gasteiger partial charge in [-0.3, -0.25) is 19.4 Å². The highest BCUT2D eigenvalue weighted by Crippen LogP contribution is 2.12. The molecule has 1 unspecified atom stereocenters. The number of nitrogens with zero attached hydrogens (tertiary/aromatic N) is 3. The first-order chi connectivity index (χ1) is 16.8. The van der Waals surface area contributed by atoms with Crippen LogP contribution in [0.1, 0.15) is 28.9 Å². The lowest BCUT2D eigenvalue weighted by molar-refractivity contribution is -0.147. The van der Waals surface area contributed by atoms with Gasteiger partial charge in [0, 0.05) is 17.7 Å². The molecule has 0 fully saturated rings. The van der Waals surface area contributed by atoms with Gasteiger partial charge in [-0.15, -0.1) is 0 Å². The van der Waals surface area contributed by atoms with Gasteiger partial charge in [-0.2, -0.15) is 4.98 Å². The topological polar surface area (TPSA) is 223 Å². The number of anilines is 2. The average molecular weight is 485 g/mol. The minimum absolute atomic E-state index is 0.0536. The number of esters is 1. The van der Waals surface area contributed by atoms with E-state index in [1.807, 2.05) is 0 Å². The second-order valence-corrected chi connectivity index (χ2v) is 7.27. The predicted octanol–water partition coefficient (Wildman–Crippen LogP) is -0.594. The quantitative estimate of drug-likeness (QED) is 0.187. The third-order valence-electron chi connectivity index (χ3n) is 4.68. The molecule has 0 saturated heterocycles. The molecule has 0 saturated carbocycles. The Morgan fingerprint density at radius 2 is 1.91 bits per heavy atom. The number of carboxylic acid groups (broad SMARTS) is 1. The van der Waals surface area contributed by atoms with E-state index in [1.54, 1.807) is 12.1 Å². The number of hydrogen-bond donors (Lipinski definition) is 6. The molecule has 0 aliphatic heterocycles. The number of aliphatic hydroxyl groups excluding tert-OH is 1. The van der Waals surface area contributed by atoms with E-state index in [0.29, 0.717) is 11.4 Å². The molecule has 14 nitrogen and oxygen atoms in total. The van der Waals surface area contributed by atoms with Crippen LogP contribution in [0.4, 0.5) is 11.6 Å². The van der Waals surface area contributed by atoms with E-state index in [0.717, 1.165) is 0 Å². The molecule has 0 spiro atoms. The van der Waals surface area contributed by atoms with E-state index < -0.39 is 36.1 Å². The number of nitrogens with one attached hydrogen (secondary N) is 3. The summed E-state index contributed by atoms with van der Waals surface area (Å²) >= 11 is 0. The Bertz CT molecular complexity index is 1280. The number of amides is 1. The van der Waals surface area contributed by atoms with Gasteiger partial charge in [0.25, 0.3) is 11.5 Å². The minimum atomic E-state index is -1.18. The zero-order valence-corrected chi connectivity index (χ0v) is 18.4. The third-order valence-corrected chi connectivity index (χ3v) is 4.68. The van der Waals surface area contributed by atoms with Gasteiger partial charge in [0.05, 0.1) is 25.0 Å². The zero-order valence-electron chi connectivity index (χ0n) is 18.4. The van der Waals surface area contributed by atoms with E-state index in [4.69, 9.17) is 20.7 Å². The van der Waals surface area contributed by atoms with Crippen LogP contribution in [0.2, 0.25) is 0 Å². The van der Waals surface area contributed by atoms with Crippen molar-refractivity contribution in [2.75, 3.05) is 24.3 Å². The number of aromatic amines is 1. The number of aliphatic carboxylic acids is 1. The lowest BCUT2D eigenvalue weighted by atomic mass is 10.1. The van der Waals surface area contributed by atoms with Gasteiger partial charge in [-0.1, -0.05) is 0 Å². The highest BCUT2D eigenvalue weighted by Gasteiger charge is 2.23. The number of carbonyl (C=O) groups is 3. The molecule has 3 rings (SSSR count). The summed E-state index contributed by atoms with van der Waals surface area (Å²) in [5.74, 6) is -2.61. The molecule has 7 N–H and O–H groups in total. The Labute approximate surface area is 197 Å². The Kier molecular flexibility index (Phi) is 8.24. The summed E-state index contributed by atoms with van der Waals surface area (Å²) in [6.07, 6.45) is 0.938. The summed E-state index contributed by atoms with van der Waals surface area (Å²) in [5.41, 5.74) is 6.51. The van der Waals surface area contributed by atoms with E-state index in [1.165, 1.54) is 18.3 Å². The van der Waals surface area contributed by atoms with Gasteiger partial charge >= 0.3 is 11.9 Å². The molecule has 0 radical (unpaired) electrons. The van der Waals surface area contributed by atoms with Crippen LogP contribution in [0.5, 0.6) is 0 Å². The molecule has 0 aliphatic rings. The fraction of sp³-hybridized carbons (Fsp3) is 0.286. The molecule has 1 amide bonds. The lowest BCUT2D eigenvalue weighted by Gasteiger charge is -2.17. The number of carboxylic acids is 1. The van der Waals surface area contributed by atoms with Crippen molar-refractivity contribution in [2.45, 2.75) is 25.4 Å². The molecule has 2 aromatic heterocycles. The van der Waals surface area contributed by atoms with Crippen molar-refractivity contribution in [1.82, 2.24) is 25.3 Å². The normalized spacial score (nSPS) is 11.6. The second-order valence-electron chi connectivity index (χ2n) is 7.27. The van der Waals surface area contributed by atoms with Crippen LogP contribution < -0.4 is 21.9 Å². The first-order valence-electron chi connectivity index (χ1n) is 10.4. The van der Waals surface area contributed by atoms with Gasteiger partial charge in [0.2, 0.25) is 5.95 Å². The Morgan fingerprint density at radius 3 is 2.60 bits per heavy atom. The van der Waals surface area contributed by atoms with Crippen molar-refractivity contribution >= 4 is 40.6 Å². The molecular formula is C21H23N7O7. The summed E-state index contributed by atoms with van der Waals surface area (Å²) in [4.78, 5) is 62.0. The average Bonchev–Trinajstić information content (AvgIpc) is 2.83. The molecule has 0 aliphatic carbocycles. The number of benzene rings is 1. The zero-order chi connectivity index (χ0) is 25.4. The summed E-state index contributed by atoms with van der Waals surface area (Å²) in [7, 11) is 0. The van der Waals surface area contributed by atoms with Crippen LogP contribution >= 0.6 is 0 Å². The van der Waals surface area contributed by atoms with Gasteiger partial charge in [0.1, 0.15) is 12.6 Å². The van der Waals surface area contributed by atoms with Crippen molar-refractivity contribution in [3.05, 3.63) is 52.1 Å². The molecule has 1 aromatic carbocycles. The number of nitrogen functional groups attached to an aromatic ring is 1. The van der Waals surface area contributed by atoms with Gasteiger partial charge < -0.3 is 31.3 Å². The summed E-state index contributed by atoms with van der Waals surface area (Å²) < 4.78 is 4.81. The second kappa shape index (κ2) is 11.5. The number of aliphatic hydroxyl groups is 1. The summed E-state index contributed by atoms with van der Waals surface area (Å²) in [5, 5.41) is 23.2. The first kappa shape index (κ1) is 25.0. The lowest BCUT2D eigenvalue weighted by Crippen LogP contribution is -2.42. The number of ether oxygens (including phenoxy) is 1. The van der Waals surface area contributed by atoms with Gasteiger partial charge in [0.15, 0.2) is 11.2 Å². The highest BCUT2D eigenvalue weighted by molar-refractivity contribution is 5.97. The molecule has 1 atom stereocenters. The minimum Gasteiger partial charge on any atom is -0.481 e. The monoisotopic (exact) mass is 485 g/mol. The Morgan fingerprint density at radius 1 is 1.17 bits per heavy atom. The van der Waals surface area contributed by atoms with Gasteiger partial charge in [-0.05, 0) is 30.7 Å². The Balaban J connectivity index is 1.62. The number of aromatic nitrogens is 4. The van der Waals surface area contributed by atoms with Crippen LogP contribution in [0.3, 0.4) is 0 Å². The van der Waals surface area contributed by atoms with E-state index >= 15 is 0 Å². The third kappa shape index (κ3) is 6.94. The van der Waals surface area contributed by atoms with Crippen molar-refractivity contribution in [3.8, 4) is 0 Å². The highest BCUT2D eigenvalue weighted by atomic mass is 16.5. The van der Waals surface area contributed by atoms with Crippen molar-refractivity contribution < 1.29 is 29.3 Å². The van der Waals surface area contributed by atoms with Crippen LogP contribution in [0, 0.1) is 0 Å². The number of rotatable bonds is 11. The molecule has 35 heavy (non-hydrogen) atoms. The fourth-order valence-corrected chi connectivity index (χ4v) is 2.99. The molecular weight excluding hydrogens is 462 g/mol. The van der Waals surface area contributed by atoms with Crippen LogP contribution in [0.25, 0.3) is 11.2 Å². The van der Waals surface area contributed by atoms with Crippen molar-refractivity contribution in [2.24, 2.45) is 0 Å². The first-order valence-corrected chi connectivity index (χ1v) is 10.4. The molecule has 0 bridgehead atoms. The SMILES string of the molecule is Nc1nc2ncc(CNc3ccc(C(=O)NC(CCC(=O)O)C(=O)OCCO)cc3)nc2c(=O)[nH]1. The van der Waals surface area contributed by atoms with Crippen molar-refractivity contribution in [1.29, 1.82) is 0 Å². The number of hydrogen-bond acceptors (Lipinski definition) is 11. The standard InChI is InChI=1S/C21H23N7O7/c22-21-27-17-16(19(33)28-21)25-13(10-24-17)9-23-12-3-1-11(2-4-12)18(32)26-14(5-6-15(30)31)20(34)35-8-7-29/h1-4,10,14,23,29H,5-9H2,(H,26,32)(H,30,31)(H3,22,24,27,28,33). The largest absolute Gasteiger partial charge is 0.481 e. The van der Waals surface area contributed by atoms with Crippen LogP contribution in [-0.4, -0.2) is 67.3 Å². The predicted molar refractivity (Wildman–Crippen MR) is 122 cm³/mol. The maximum atomic E-state index is 12.5. The van der Waals surface area contributed by atoms with E-state index in [2.05, 4.69) is 30.6 Å². The van der Waals surface area contributed by atoms with Crippen LogP contribution in [0.15, 0.2) is 35.3 Å². The maximum Gasteiger partial charge on any atom is 0.328 e. The fourth-order valence-electron chi connectivity index (χ4n) is 2.99. The summed E-state index contributed by atoms with van der Waals surface area (Å²) in [6.45, 7) is -0.432. The maximum absolute atomic E-state index is 12.5. The summed E-state index contributed by atoms with van der Waals surface area (Å²) in [6, 6.07) is 5.08. The number of nitrogens with two attached hydrogens (primary N) is 1. The van der Waals surface area contributed by atoms with Crippen molar-refractivity contribution in [3.63, 3.8) is 0 Å². The molecule has 184 valence electrons. The number of fused-ring (bicyclic) bond motifs is 1. The van der Waals surface area contributed by atoms with Crippen LogP contribution in [-0.2, 0) is 20.9 Å². The molecule has 2 heterocycles. The number of carbonyl (C=O) groups excluding carboxylic acids is 2. The molecule has 14 heteroatoms.